The summed E-state index contributed by atoms with van der Waals surface area (Å²) in [5, 5.41) is 0.854. The zero-order chi connectivity index (χ0) is 16.2. The van der Waals surface area contributed by atoms with Crippen LogP contribution in [0, 0.1) is 0 Å². The number of benzene rings is 2. The molecule has 3 aromatic rings. The van der Waals surface area contributed by atoms with E-state index in [2.05, 4.69) is 9.97 Å². The molecule has 0 fully saturated rings. The van der Waals surface area contributed by atoms with E-state index in [1.807, 2.05) is 37.3 Å². The Bertz CT molecular complexity index is 827. The Morgan fingerprint density at radius 1 is 1.26 bits per heavy atom. The van der Waals surface area contributed by atoms with Gasteiger partial charge in [-0.05, 0) is 36.8 Å². The first-order valence-corrected chi connectivity index (χ1v) is 8.28. The first kappa shape index (κ1) is 15.4. The molecule has 0 saturated carbocycles. The summed E-state index contributed by atoms with van der Waals surface area (Å²) in [4.78, 5) is 18.9. The Hall–Kier alpha value is -2.47. The molecule has 0 bridgehead atoms. The van der Waals surface area contributed by atoms with Gasteiger partial charge in [0.25, 0.3) is 0 Å². The van der Waals surface area contributed by atoms with Crippen molar-refractivity contribution in [2.75, 3.05) is 6.61 Å². The van der Waals surface area contributed by atoms with Crippen LogP contribution in [0.1, 0.15) is 22.8 Å². The molecule has 0 aliphatic heterocycles. The smallest absolute Gasteiger partial charge is 0.248 e. The highest BCUT2D eigenvalue weighted by atomic mass is 32.2. The molecule has 5 nitrogen and oxygen atoms in total. The molecule has 0 atom stereocenters. The highest BCUT2D eigenvalue weighted by Gasteiger charge is 2.06. The molecule has 0 radical (unpaired) electrons. The average Bonchev–Trinajstić information content (AvgIpc) is 2.96. The van der Waals surface area contributed by atoms with E-state index in [4.69, 9.17) is 10.5 Å². The Labute approximate surface area is 138 Å². The van der Waals surface area contributed by atoms with Gasteiger partial charge in [-0.3, -0.25) is 4.79 Å². The molecule has 0 aliphatic carbocycles. The van der Waals surface area contributed by atoms with Crippen molar-refractivity contribution in [2.45, 2.75) is 17.8 Å². The second-order valence-electron chi connectivity index (χ2n) is 5.00. The van der Waals surface area contributed by atoms with Crippen molar-refractivity contribution >= 4 is 28.7 Å². The second-order valence-corrected chi connectivity index (χ2v) is 5.97. The number of nitrogens with one attached hydrogen (secondary N) is 1. The molecule has 23 heavy (non-hydrogen) atoms. The molecule has 3 rings (SSSR count). The summed E-state index contributed by atoms with van der Waals surface area (Å²) in [6.07, 6.45) is 0. The van der Waals surface area contributed by atoms with E-state index in [0.717, 1.165) is 33.3 Å². The lowest BCUT2D eigenvalue weighted by Crippen LogP contribution is -2.10. The number of fused-ring (bicyclic) bond motifs is 1. The number of hydrogen-bond acceptors (Lipinski definition) is 4. The molecule has 1 amide bonds. The fourth-order valence-electron chi connectivity index (χ4n) is 2.21. The molecule has 0 spiro atoms. The summed E-state index contributed by atoms with van der Waals surface area (Å²) in [7, 11) is 0. The number of aromatic amines is 1. The highest BCUT2D eigenvalue weighted by Crippen LogP contribution is 2.25. The third kappa shape index (κ3) is 3.65. The van der Waals surface area contributed by atoms with E-state index in [0.29, 0.717) is 12.2 Å². The van der Waals surface area contributed by atoms with Gasteiger partial charge in [-0.1, -0.05) is 23.9 Å². The number of imidazole rings is 1. The summed E-state index contributed by atoms with van der Waals surface area (Å²) < 4.78 is 5.49. The number of H-pyrrole nitrogens is 1. The third-order valence-corrected chi connectivity index (χ3v) is 4.30. The Balaban J connectivity index is 1.70. The molecule has 1 heterocycles. The first-order valence-electron chi connectivity index (χ1n) is 7.30. The van der Waals surface area contributed by atoms with Gasteiger partial charge in [-0.2, -0.15) is 0 Å². The van der Waals surface area contributed by atoms with Crippen molar-refractivity contribution in [3.05, 3.63) is 53.6 Å². The Morgan fingerprint density at radius 2 is 2.04 bits per heavy atom. The van der Waals surface area contributed by atoms with E-state index in [1.165, 1.54) is 0 Å². The molecule has 0 saturated heterocycles. The van der Waals surface area contributed by atoms with E-state index in [-0.39, 0.29) is 0 Å². The minimum absolute atomic E-state index is 0.411. The average molecular weight is 327 g/mol. The summed E-state index contributed by atoms with van der Waals surface area (Å²) in [5.41, 5.74) is 8.74. The normalized spacial score (nSPS) is 10.8. The number of thioether (sulfide) groups is 1. The molecule has 0 aliphatic rings. The Kier molecular flexibility index (Phi) is 4.52. The van der Waals surface area contributed by atoms with Crippen molar-refractivity contribution in [1.29, 1.82) is 0 Å². The summed E-state index contributed by atoms with van der Waals surface area (Å²) in [6, 6.07) is 13.1. The van der Waals surface area contributed by atoms with E-state index in [1.54, 1.807) is 23.9 Å². The van der Waals surface area contributed by atoms with Crippen LogP contribution in [0.3, 0.4) is 0 Å². The van der Waals surface area contributed by atoms with Crippen LogP contribution < -0.4 is 10.5 Å². The van der Waals surface area contributed by atoms with Crippen LogP contribution in [-0.2, 0) is 5.75 Å². The van der Waals surface area contributed by atoms with Crippen molar-refractivity contribution in [3.8, 4) is 5.75 Å². The molecule has 6 heteroatoms. The predicted octanol–water partition coefficient (Wildman–Crippen LogP) is 3.35. The van der Waals surface area contributed by atoms with Gasteiger partial charge in [0.05, 0.1) is 17.6 Å². The molecular weight excluding hydrogens is 310 g/mol. The number of nitrogens with two attached hydrogens (primary N) is 1. The van der Waals surface area contributed by atoms with Gasteiger partial charge in [-0.25, -0.2) is 4.98 Å². The van der Waals surface area contributed by atoms with Gasteiger partial charge in [0.2, 0.25) is 5.91 Å². The SMILES string of the molecule is CCOc1ccc2nc(SCc3ccc(C(N)=O)cc3)[nH]c2c1. The fourth-order valence-corrected chi connectivity index (χ4v) is 3.05. The number of primary amides is 1. The van der Waals surface area contributed by atoms with Crippen LogP contribution in [0.25, 0.3) is 11.0 Å². The van der Waals surface area contributed by atoms with Crippen molar-refractivity contribution in [2.24, 2.45) is 5.73 Å². The minimum atomic E-state index is -0.411. The number of carbonyl (C=O) groups excluding carboxylic acids is 1. The number of hydrogen-bond donors (Lipinski definition) is 2. The lowest BCUT2D eigenvalue weighted by Gasteiger charge is -2.01. The largest absolute Gasteiger partial charge is 0.494 e. The highest BCUT2D eigenvalue weighted by molar-refractivity contribution is 7.98. The van der Waals surface area contributed by atoms with Crippen molar-refractivity contribution < 1.29 is 9.53 Å². The number of ether oxygens (including phenoxy) is 1. The summed E-state index contributed by atoms with van der Waals surface area (Å²) >= 11 is 1.61. The van der Waals surface area contributed by atoms with E-state index < -0.39 is 5.91 Å². The van der Waals surface area contributed by atoms with Crippen molar-refractivity contribution in [1.82, 2.24) is 9.97 Å². The summed E-state index contributed by atoms with van der Waals surface area (Å²) in [5.74, 6) is 1.19. The third-order valence-electron chi connectivity index (χ3n) is 3.36. The van der Waals surface area contributed by atoms with Crippen LogP contribution in [0.5, 0.6) is 5.75 Å². The number of rotatable bonds is 6. The maximum Gasteiger partial charge on any atom is 0.248 e. The number of amides is 1. The monoisotopic (exact) mass is 327 g/mol. The zero-order valence-corrected chi connectivity index (χ0v) is 13.5. The Morgan fingerprint density at radius 3 is 2.74 bits per heavy atom. The lowest BCUT2D eigenvalue weighted by molar-refractivity contribution is 0.100. The minimum Gasteiger partial charge on any atom is -0.494 e. The van der Waals surface area contributed by atoms with Crippen LogP contribution in [0.4, 0.5) is 0 Å². The standard InChI is InChI=1S/C17H17N3O2S/c1-2-22-13-7-8-14-15(9-13)20-17(19-14)23-10-11-3-5-12(6-4-11)16(18)21/h3-9H,2,10H2,1H3,(H2,18,21)(H,19,20). The van der Waals surface area contributed by atoms with Gasteiger partial charge in [0, 0.05) is 17.4 Å². The predicted molar refractivity (Wildman–Crippen MR) is 91.8 cm³/mol. The van der Waals surface area contributed by atoms with Crippen LogP contribution in [0.15, 0.2) is 47.6 Å². The molecule has 118 valence electrons. The molecule has 3 N–H and O–H groups in total. The van der Waals surface area contributed by atoms with Gasteiger partial charge < -0.3 is 15.5 Å². The second kappa shape index (κ2) is 6.75. The quantitative estimate of drug-likeness (QED) is 0.680. The number of aromatic nitrogens is 2. The lowest BCUT2D eigenvalue weighted by atomic mass is 10.1. The maximum absolute atomic E-state index is 11.1. The van der Waals surface area contributed by atoms with Crippen LogP contribution in [0.2, 0.25) is 0 Å². The van der Waals surface area contributed by atoms with Gasteiger partial charge >= 0.3 is 0 Å². The molecule has 2 aromatic carbocycles. The zero-order valence-electron chi connectivity index (χ0n) is 12.7. The fraction of sp³-hybridized carbons (Fsp3) is 0.176. The number of nitrogens with zero attached hydrogens (tertiary/aromatic N) is 1. The molecular formula is C17H17N3O2S. The first-order chi connectivity index (χ1) is 11.2. The van der Waals surface area contributed by atoms with E-state index in [9.17, 15) is 4.79 Å². The topological polar surface area (TPSA) is 81.0 Å². The number of carbonyl (C=O) groups is 1. The van der Waals surface area contributed by atoms with Crippen molar-refractivity contribution in [3.63, 3.8) is 0 Å². The van der Waals surface area contributed by atoms with Gasteiger partial charge in [0.15, 0.2) is 5.16 Å². The van der Waals surface area contributed by atoms with E-state index >= 15 is 0 Å². The van der Waals surface area contributed by atoms with Crippen LogP contribution >= 0.6 is 11.8 Å². The maximum atomic E-state index is 11.1. The van der Waals surface area contributed by atoms with Crippen LogP contribution in [-0.4, -0.2) is 22.5 Å². The van der Waals surface area contributed by atoms with Gasteiger partial charge in [-0.15, -0.1) is 0 Å². The van der Waals surface area contributed by atoms with Gasteiger partial charge in [0.1, 0.15) is 5.75 Å². The molecule has 0 unspecified atom stereocenters. The summed E-state index contributed by atoms with van der Waals surface area (Å²) in [6.45, 7) is 2.60. The molecule has 1 aromatic heterocycles.